The average Bonchev–Trinajstić information content (AvgIpc) is 2.62. The molecule has 1 N–H and O–H groups in total. The number of rotatable bonds is 5. The van der Waals surface area contributed by atoms with Crippen molar-refractivity contribution in [1.29, 1.82) is 0 Å². The van der Waals surface area contributed by atoms with Gasteiger partial charge in [-0.2, -0.15) is 0 Å². The number of methoxy groups -OCH3 is 1. The van der Waals surface area contributed by atoms with Crippen molar-refractivity contribution in [2.75, 3.05) is 13.7 Å². The quantitative estimate of drug-likeness (QED) is 0.633. The SMILES string of the molecule is CCOc1cc(/C=C/c2ccc3cccc(OC)c3n2)c(Br)cc1O. The average molecular weight is 400 g/mol. The predicted molar refractivity (Wildman–Crippen MR) is 104 cm³/mol. The summed E-state index contributed by atoms with van der Waals surface area (Å²) in [5.41, 5.74) is 2.53. The normalized spacial score (nSPS) is 11.2. The zero-order chi connectivity index (χ0) is 17.8. The lowest BCUT2D eigenvalue weighted by Gasteiger charge is -2.08. The highest BCUT2D eigenvalue weighted by molar-refractivity contribution is 9.10. The third-order valence-corrected chi connectivity index (χ3v) is 4.42. The van der Waals surface area contributed by atoms with E-state index in [0.717, 1.165) is 32.4 Å². The van der Waals surface area contributed by atoms with Crippen LogP contribution in [-0.4, -0.2) is 23.8 Å². The summed E-state index contributed by atoms with van der Waals surface area (Å²) in [5.74, 6) is 1.31. The third-order valence-electron chi connectivity index (χ3n) is 3.74. The Morgan fingerprint density at radius 3 is 2.72 bits per heavy atom. The second kappa shape index (κ2) is 7.57. The molecule has 1 heterocycles. The van der Waals surface area contributed by atoms with Crippen LogP contribution >= 0.6 is 15.9 Å². The van der Waals surface area contributed by atoms with Crippen molar-refractivity contribution in [3.05, 3.63) is 58.2 Å². The van der Waals surface area contributed by atoms with Gasteiger partial charge in [0.15, 0.2) is 11.5 Å². The summed E-state index contributed by atoms with van der Waals surface area (Å²) >= 11 is 3.46. The fraction of sp³-hybridized carbons (Fsp3) is 0.150. The van der Waals surface area contributed by atoms with Gasteiger partial charge in [0.2, 0.25) is 0 Å². The molecule has 5 heteroatoms. The molecule has 0 aliphatic carbocycles. The Bertz CT molecular complexity index is 938. The molecule has 128 valence electrons. The van der Waals surface area contributed by atoms with Gasteiger partial charge in [0.25, 0.3) is 0 Å². The van der Waals surface area contributed by atoms with Gasteiger partial charge in [-0.3, -0.25) is 0 Å². The molecule has 0 unspecified atom stereocenters. The molecule has 0 spiro atoms. The molecule has 0 atom stereocenters. The van der Waals surface area contributed by atoms with Gasteiger partial charge in [-0.1, -0.05) is 40.2 Å². The molecule has 3 aromatic rings. The molecule has 0 saturated heterocycles. The number of halogens is 1. The van der Waals surface area contributed by atoms with E-state index in [4.69, 9.17) is 9.47 Å². The van der Waals surface area contributed by atoms with Crippen LogP contribution in [0.15, 0.2) is 46.9 Å². The van der Waals surface area contributed by atoms with Crippen LogP contribution in [0.2, 0.25) is 0 Å². The van der Waals surface area contributed by atoms with E-state index in [9.17, 15) is 5.11 Å². The van der Waals surface area contributed by atoms with Gasteiger partial charge in [0.05, 0.1) is 19.4 Å². The van der Waals surface area contributed by atoms with Crippen molar-refractivity contribution in [2.24, 2.45) is 0 Å². The maximum atomic E-state index is 9.90. The summed E-state index contributed by atoms with van der Waals surface area (Å²) in [7, 11) is 1.64. The molecule has 0 aliphatic rings. The van der Waals surface area contributed by atoms with Crippen LogP contribution in [0.3, 0.4) is 0 Å². The highest BCUT2D eigenvalue weighted by Crippen LogP contribution is 2.33. The summed E-state index contributed by atoms with van der Waals surface area (Å²) in [6, 6.07) is 13.2. The van der Waals surface area contributed by atoms with Gasteiger partial charge < -0.3 is 14.6 Å². The van der Waals surface area contributed by atoms with Gasteiger partial charge in [-0.05, 0) is 42.8 Å². The number of aromatic nitrogens is 1. The molecule has 0 radical (unpaired) electrons. The van der Waals surface area contributed by atoms with Gasteiger partial charge in [0, 0.05) is 9.86 Å². The summed E-state index contributed by atoms with van der Waals surface area (Å²) in [4.78, 5) is 4.66. The van der Waals surface area contributed by atoms with E-state index in [1.54, 1.807) is 19.2 Å². The van der Waals surface area contributed by atoms with E-state index < -0.39 is 0 Å². The summed E-state index contributed by atoms with van der Waals surface area (Å²) < 4.78 is 11.6. The molecule has 0 saturated carbocycles. The van der Waals surface area contributed by atoms with Crippen LogP contribution in [0.25, 0.3) is 23.1 Å². The van der Waals surface area contributed by atoms with Crippen LogP contribution < -0.4 is 9.47 Å². The molecule has 2 aromatic carbocycles. The van der Waals surface area contributed by atoms with Crippen LogP contribution in [0.5, 0.6) is 17.2 Å². The number of nitrogens with zero attached hydrogens (tertiary/aromatic N) is 1. The second-order valence-corrected chi connectivity index (χ2v) is 6.23. The van der Waals surface area contributed by atoms with Crippen molar-refractivity contribution in [1.82, 2.24) is 4.98 Å². The molecule has 3 rings (SSSR count). The predicted octanol–water partition coefficient (Wildman–Crippen LogP) is 5.28. The first kappa shape index (κ1) is 17.3. The number of phenols is 1. The van der Waals surface area contributed by atoms with Gasteiger partial charge in [0.1, 0.15) is 11.3 Å². The Labute approximate surface area is 154 Å². The van der Waals surface area contributed by atoms with E-state index in [-0.39, 0.29) is 5.75 Å². The van der Waals surface area contributed by atoms with Crippen molar-refractivity contribution in [3.8, 4) is 17.2 Å². The van der Waals surface area contributed by atoms with Crippen LogP contribution in [0.1, 0.15) is 18.2 Å². The summed E-state index contributed by atoms with van der Waals surface area (Å²) in [6.45, 7) is 2.37. The van der Waals surface area contributed by atoms with E-state index >= 15 is 0 Å². The van der Waals surface area contributed by atoms with E-state index in [0.29, 0.717) is 12.4 Å². The second-order valence-electron chi connectivity index (χ2n) is 5.38. The zero-order valence-electron chi connectivity index (χ0n) is 14.0. The van der Waals surface area contributed by atoms with Crippen LogP contribution in [0.4, 0.5) is 0 Å². The number of phenolic OH excluding ortho intramolecular Hbond substituents is 1. The standard InChI is InChI=1S/C20H18BrNO3/c1-3-25-19-11-14(16(21)12-17(19)23)8-10-15-9-7-13-5-4-6-18(24-2)20(13)22-15/h4-12,23H,3H2,1-2H3/b10-8+. The molecule has 0 bridgehead atoms. The monoisotopic (exact) mass is 399 g/mol. The molecule has 4 nitrogen and oxygen atoms in total. The largest absolute Gasteiger partial charge is 0.504 e. The molecule has 0 aliphatic heterocycles. The number of aromatic hydroxyl groups is 1. The number of fused-ring (bicyclic) bond motifs is 1. The molecule has 0 fully saturated rings. The van der Waals surface area contributed by atoms with Gasteiger partial charge >= 0.3 is 0 Å². The Hall–Kier alpha value is -2.53. The van der Waals surface area contributed by atoms with Crippen LogP contribution in [0, 0.1) is 0 Å². The number of hydrogen-bond acceptors (Lipinski definition) is 4. The summed E-state index contributed by atoms with van der Waals surface area (Å²) in [6.07, 6.45) is 3.84. The Morgan fingerprint density at radius 1 is 1.12 bits per heavy atom. The van der Waals surface area contributed by atoms with Crippen molar-refractivity contribution in [3.63, 3.8) is 0 Å². The van der Waals surface area contributed by atoms with E-state index in [2.05, 4.69) is 20.9 Å². The molecular weight excluding hydrogens is 382 g/mol. The highest BCUT2D eigenvalue weighted by Gasteiger charge is 2.07. The maximum absolute atomic E-state index is 9.90. The molecule has 25 heavy (non-hydrogen) atoms. The van der Waals surface area contributed by atoms with E-state index in [1.165, 1.54) is 0 Å². The highest BCUT2D eigenvalue weighted by atomic mass is 79.9. The Balaban J connectivity index is 1.97. The summed E-state index contributed by atoms with van der Waals surface area (Å²) in [5, 5.41) is 10.9. The Morgan fingerprint density at radius 2 is 1.96 bits per heavy atom. The molecule has 0 amide bonds. The molecular formula is C20H18BrNO3. The maximum Gasteiger partial charge on any atom is 0.161 e. The first-order valence-corrected chi connectivity index (χ1v) is 8.69. The zero-order valence-corrected chi connectivity index (χ0v) is 15.6. The first-order chi connectivity index (χ1) is 12.1. The third kappa shape index (κ3) is 3.77. The van der Waals surface area contributed by atoms with Crippen molar-refractivity contribution in [2.45, 2.75) is 6.92 Å². The van der Waals surface area contributed by atoms with Crippen molar-refractivity contribution >= 4 is 39.0 Å². The lowest BCUT2D eigenvalue weighted by molar-refractivity contribution is 0.318. The number of pyridine rings is 1. The topological polar surface area (TPSA) is 51.6 Å². The van der Waals surface area contributed by atoms with Gasteiger partial charge in [-0.25, -0.2) is 4.98 Å². The minimum absolute atomic E-state index is 0.111. The fourth-order valence-electron chi connectivity index (χ4n) is 2.53. The fourth-order valence-corrected chi connectivity index (χ4v) is 2.99. The van der Waals surface area contributed by atoms with E-state index in [1.807, 2.05) is 49.4 Å². The lowest BCUT2D eigenvalue weighted by atomic mass is 10.1. The van der Waals surface area contributed by atoms with Gasteiger partial charge in [-0.15, -0.1) is 0 Å². The smallest absolute Gasteiger partial charge is 0.161 e. The number of hydrogen-bond donors (Lipinski definition) is 1. The number of para-hydroxylation sites is 1. The molecule has 1 aromatic heterocycles. The first-order valence-electron chi connectivity index (χ1n) is 7.89. The van der Waals surface area contributed by atoms with Crippen LogP contribution in [-0.2, 0) is 0 Å². The minimum Gasteiger partial charge on any atom is -0.504 e. The lowest BCUT2D eigenvalue weighted by Crippen LogP contribution is -1.92. The number of ether oxygens (including phenoxy) is 2. The minimum atomic E-state index is 0.111. The Kier molecular flexibility index (Phi) is 5.24. The number of benzene rings is 2. The van der Waals surface area contributed by atoms with Crippen molar-refractivity contribution < 1.29 is 14.6 Å².